The normalized spacial score (nSPS) is 10.6. The van der Waals surface area contributed by atoms with E-state index in [0.717, 1.165) is 5.52 Å². The summed E-state index contributed by atoms with van der Waals surface area (Å²) in [6, 6.07) is 4.46. The Hall–Kier alpha value is -2.55. The van der Waals surface area contributed by atoms with Gasteiger partial charge in [-0.05, 0) is 11.6 Å². The third-order valence-corrected chi connectivity index (χ3v) is 4.05. The van der Waals surface area contributed by atoms with E-state index in [9.17, 15) is 19.7 Å². The lowest BCUT2D eigenvalue weighted by molar-refractivity contribution is -0.384. The molecule has 23 heavy (non-hydrogen) atoms. The number of nitrogens with one attached hydrogen (secondary N) is 2. The number of nitrogens with zero attached hydrogens (tertiary/aromatic N) is 1. The van der Waals surface area contributed by atoms with Gasteiger partial charge in [0.25, 0.3) is 5.69 Å². The number of fused-ring (bicyclic) bond motifs is 1. The molecule has 0 aliphatic heterocycles. The number of carbonyl (C=O) groups excluding carboxylic acids is 1. The molecule has 8 nitrogen and oxygen atoms in total. The first-order valence-electron chi connectivity index (χ1n) is 6.78. The van der Waals surface area contributed by atoms with Crippen molar-refractivity contribution in [1.29, 1.82) is 0 Å². The van der Waals surface area contributed by atoms with Gasteiger partial charge < -0.3 is 15.4 Å². The van der Waals surface area contributed by atoms with E-state index in [-0.39, 0.29) is 23.8 Å². The van der Waals surface area contributed by atoms with E-state index in [4.69, 9.17) is 5.11 Å². The number of hydrogen-bond acceptors (Lipinski definition) is 5. The van der Waals surface area contributed by atoms with Crippen molar-refractivity contribution in [3.63, 3.8) is 0 Å². The van der Waals surface area contributed by atoms with Gasteiger partial charge >= 0.3 is 5.97 Å². The van der Waals surface area contributed by atoms with Crippen molar-refractivity contribution in [1.82, 2.24) is 10.3 Å². The Balaban J connectivity index is 1.93. The van der Waals surface area contributed by atoms with Crippen molar-refractivity contribution in [2.45, 2.75) is 6.42 Å². The summed E-state index contributed by atoms with van der Waals surface area (Å²) in [5.41, 5.74) is 1.39. The predicted octanol–water partition coefficient (Wildman–Crippen LogP) is 1.55. The zero-order valence-electron chi connectivity index (χ0n) is 12.1. The van der Waals surface area contributed by atoms with Gasteiger partial charge in [-0.25, -0.2) is 0 Å². The van der Waals surface area contributed by atoms with Crippen LogP contribution in [0.2, 0.25) is 0 Å². The Morgan fingerprint density at radius 1 is 1.39 bits per heavy atom. The van der Waals surface area contributed by atoms with Crippen LogP contribution >= 0.6 is 11.8 Å². The van der Waals surface area contributed by atoms with E-state index in [1.807, 2.05) is 0 Å². The molecule has 0 saturated heterocycles. The van der Waals surface area contributed by atoms with Crippen LogP contribution in [0.3, 0.4) is 0 Å². The number of thioether (sulfide) groups is 1. The number of nitro benzene ring substituents is 1. The largest absolute Gasteiger partial charge is 0.481 e. The topological polar surface area (TPSA) is 125 Å². The first-order valence-corrected chi connectivity index (χ1v) is 7.93. The zero-order chi connectivity index (χ0) is 16.8. The SMILES string of the molecule is O=C(O)CSCCNC(=O)Cc1c[nH]c2ccc([N+](=O)[O-])cc12. The first-order chi connectivity index (χ1) is 11.0. The van der Waals surface area contributed by atoms with E-state index in [1.165, 1.54) is 23.9 Å². The lowest BCUT2D eigenvalue weighted by atomic mass is 10.1. The maximum atomic E-state index is 11.9. The summed E-state index contributed by atoms with van der Waals surface area (Å²) in [6.45, 7) is 0.374. The molecule has 2 aromatic rings. The maximum Gasteiger partial charge on any atom is 0.313 e. The number of hydrogen-bond donors (Lipinski definition) is 3. The third kappa shape index (κ3) is 4.71. The Kier molecular flexibility index (Phi) is 5.58. The van der Waals surface area contributed by atoms with E-state index in [1.54, 1.807) is 12.3 Å². The van der Waals surface area contributed by atoms with Crippen molar-refractivity contribution in [3.05, 3.63) is 40.1 Å². The fraction of sp³-hybridized carbons (Fsp3) is 0.286. The average Bonchev–Trinajstić information content (AvgIpc) is 2.89. The molecule has 1 aromatic heterocycles. The van der Waals surface area contributed by atoms with Crippen LogP contribution in [-0.4, -0.2) is 44.9 Å². The molecule has 9 heteroatoms. The molecule has 2 rings (SSSR count). The lowest BCUT2D eigenvalue weighted by Gasteiger charge is -2.04. The summed E-state index contributed by atoms with van der Waals surface area (Å²) in [7, 11) is 0. The van der Waals surface area contributed by atoms with Crippen LogP contribution in [0, 0.1) is 10.1 Å². The molecule has 0 atom stereocenters. The number of aliphatic carboxylic acids is 1. The Bertz CT molecular complexity index is 743. The number of aromatic nitrogens is 1. The van der Waals surface area contributed by atoms with Crippen LogP contribution in [-0.2, 0) is 16.0 Å². The molecular formula is C14H15N3O5S. The van der Waals surface area contributed by atoms with E-state index in [0.29, 0.717) is 23.2 Å². The summed E-state index contributed by atoms with van der Waals surface area (Å²) < 4.78 is 0. The van der Waals surface area contributed by atoms with Crippen molar-refractivity contribution in [2.75, 3.05) is 18.1 Å². The number of H-pyrrole nitrogens is 1. The monoisotopic (exact) mass is 337 g/mol. The molecule has 0 spiro atoms. The molecule has 1 heterocycles. The van der Waals surface area contributed by atoms with Crippen molar-refractivity contribution in [3.8, 4) is 0 Å². The van der Waals surface area contributed by atoms with Crippen molar-refractivity contribution >= 4 is 40.2 Å². The molecule has 1 aromatic carbocycles. The summed E-state index contributed by atoms with van der Waals surface area (Å²) in [4.78, 5) is 35.6. The lowest BCUT2D eigenvalue weighted by Crippen LogP contribution is -2.27. The zero-order valence-corrected chi connectivity index (χ0v) is 12.9. The van der Waals surface area contributed by atoms with Crippen LogP contribution in [0.4, 0.5) is 5.69 Å². The predicted molar refractivity (Wildman–Crippen MR) is 86.6 cm³/mol. The quantitative estimate of drug-likeness (QED) is 0.381. The van der Waals surface area contributed by atoms with Gasteiger partial charge in [-0.3, -0.25) is 19.7 Å². The summed E-state index contributed by atoms with van der Waals surface area (Å²) in [5.74, 6) is -0.589. The van der Waals surface area contributed by atoms with Crippen molar-refractivity contribution < 1.29 is 19.6 Å². The highest BCUT2D eigenvalue weighted by molar-refractivity contribution is 7.99. The third-order valence-electron chi connectivity index (χ3n) is 3.11. The summed E-state index contributed by atoms with van der Waals surface area (Å²) in [6.07, 6.45) is 1.76. The molecule has 1 amide bonds. The number of carboxylic acid groups (broad SMARTS) is 1. The van der Waals surface area contributed by atoms with Crippen LogP contribution in [0.5, 0.6) is 0 Å². The van der Waals surface area contributed by atoms with Crippen LogP contribution in [0.25, 0.3) is 10.9 Å². The number of carboxylic acids is 1. The van der Waals surface area contributed by atoms with Crippen LogP contribution in [0.15, 0.2) is 24.4 Å². The number of carbonyl (C=O) groups is 2. The Morgan fingerprint density at radius 2 is 2.17 bits per heavy atom. The van der Waals surface area contributed by atoms with Crippen LogP contribution in [0.1, 0.15) is 5.56 Å². The van der Waals surface area contributed by atoms with Crippen LogP contribution < -0.4 is 5.32 Å². The highest BCUT2D eigenvalue weighted by atomic mass is 32.2. The van der Waals surface area contributed by atoms with E-state index in [2.05, 4.69) is 10.3 Å². The van der Waals surface area contributed by atoms with Gasteiger partial charge in [-0.1, -0.05) is 0 Å². The van der Waals surface area contributed by atoms with Gasteiger partial charge in [0.05, 0.1) is 17.1 Å². The number of rotatable bonds is 8. The molecule has 0 radical (unpaired) electrons. The van der Waals surface area contributed by atoms with E-state index >= 15 is 0 Å². The van der Waals surface area contributed by atoms with Gasteiger partial charge in [0.15, 0.2) is 0 Å². The first kappa shape index (κ1) is 16.8. The molecular weight excluding hydrogens is 322 g/mol. The fourth-order valence-corrected chi connectivity index (χ4v) is 2.65. The molecule has 122 valence electrons. The van der Waals surface area contributed by atoms with Gasteiger partial charge in [-0.15, -0.1) is 11.8 Å². The summed E-state index contributed by atoms with van der Waals surface area (Å²) >= 11 is 1.22. The molecule has 0 bridgehead atoms. The van der Waals surface area contributed by atoms with Gasteiger partial charge in [0.1, 0.15) is 0 Å². The number of aromatic amines is 1. The average molecular weight is 337 g/mol. The molecule has 3 N–H and O–H groups in total. The number of non-ortho nitro benzene ring substituents is 1. The molecule has 0 fully saturated rings. The molecule has 0 aliphatic carbocycles. The molecule has 0 saturated carbocycles. The molecule has 0 unspecified atom stereocenters. The highest BCUT2D eigenvalue weighted by Crippen LogP contribution is 2.23. The van der Waals surface area contributed by atoms with Gasteiger partial charge in [0, 0.05) is 41.5 Å². The van der Waals surface area contributed by atoms with Crippen molar-refractivity contribution in [2.24, 2.45) is 0 Å². The second-order valence-corrected chi connectivity index (χ2v) is 5.88. The smallest absolute Gasteiger partial charge is 0.313 e. The standard InChI is InChI=1S/C14H15N3O5S/c18-13(15-3-4-23-8-14(19)20)5-9-7-16-12-2-1-10(17(21)22)6-11(9)12/h1-2,6-7,16H,3-5,8H2,(H,15,18)(H,19,20). The number of amides is 1. The number of benzene rings is 1. The maximum absolute atomic E-state index is 11.9. The molecule has 0 aliphatic rings. The second-order valence-electron chi connectivity index (χ2n) is 4.77. The Morgan fingerprint density at radius 3 is 2.87 bits per heavy atom. The minimum atomic E-state index is -0.887. The number of nitro groups is 1. The Labute approximate surface area is 135 Å². The fourth-order valence-electron chi connectivity index (χ4n) is 2.08. The second kappa shape index (κ2) is 7.63. The summed E-state index contributed by atoms with van der Waals surface area (Å²) in [5, 5.41) is 22.7. The van der Waals surface area contributed by atoms with Gasteiger partial charge in [-0.2, -0.15) is 0 Å². The van der Waals surface area contributed by atoms with E-state index < -0.39 is 10.9 Å². The minimum Gasteiger partial charge on any atom is -0.481 e. The van der Waals surface area contributed by atoms with Gasteiger partial charge in [0.2, 0.25) is 5.91 Å². The minimum absolute atomic E-state index is 0.00197. The highest BCUT2D eigenvalue weighted by Gasteiger charge is 2.12.